The zero-order valence-corrected chi connectivity index (χ0v) is 20.5. The van der Waals surface area contributed by atoms with Gasteiger partial charge in [0.1, 0.15) is 23.7 Å². The molecule has 0 fully saturated rings. The molecule has 2 amide bonds. The number of hydrogen-bond donors (Lipinski definition) is 3. The molecule has 0 unspecified atom stereocenters. The topological polar surface area (TPSA) is 107 Å². The van der Waals surface area contributed by atoms with Crippen molar-refractivity contribution in [1.29, 1.82) is 5.26 Å². The Morgan fingerprint density at radius 1 is 1.08 bits per heavy atom. The van der Waals surface area contributed by atoms with Crippen molar-refractivity contribution in [2.45, 2.75) is 44.8 Å². The van der Waals surface area contributed by atoms with Crippen LogP contribution in [0.3, 0.4) is 0 Å². The van der Waals surface area contributed by atoms with Gasteiger partial charge in [-0.2, -0.15) is 5.26 Å². The number of aryl methyl sites for hydroxylation is 1. The highest BCUT2D eigenvalue weighted by Gasteiger charge is 2.27. The van der Waals surface area contributed by atoms with E-state index in [1.165, 1.54) is 11.3 Å². The van der Waals surface area contributed by atoms with Crippen LogP contribution in [-0.2, 0) is 35.4 Å². The molecule has 5 rings (SSSR count). The highest BCUT2D eigenvalue weighted by atomic mass is 32.1. The third kappa shape index (κ3) is 5.11. The molecule has 7 nitrogen and oxygen atoms in total. The van der Waals surface area contributed by atoms with Crippen molar-refractivity contribution in [3.05, 3.63) is 87.9 Å². The Balaban J connectivity index is 1.36. The van der Waals surface area contributed by atoms with Crippen LogP contribution in [0.4, 0.5) is 9.80 Å². The van der Waals surface area contributed by atoms with Gasteiger partial charge < -0.3 is 20.4 Å². The fourth-order valence-electron chi connectivity index (χ4n) is 4.61. The maximum Gasteiger partial charge on any atom is 0.408 e. The van der Waals surface area contributed by atoms with Gasteiger partial charge in [0.2, 0.25) is 5.91 Å². The van der Waals surface area contributed by atoms with Crippen LogP contribution in [0, 0.1) is 11.3 Å². The van der Waals surface area contributed by atoms with E-state index in [0.717, 1.165) is 58.2 Å². The first-order chi connectivity index (χ1) is 17.6. The molecule has 4 aromatic rings. The number of para-hydroxylation sites is 1. The first kappa shape index (κ1) is 23.6. The van der Waals surface area contributed by atoms with E-state index >= 15 is 0 Å². The number of fused-ring (bicyclic) bond motifs is 2. The number of ether oxygens (including phenoxy) is 1. The van der Waals surface area contributed by atoms with E-state index in [1.807, 2.05) is 60.8 Å². The second kappa shape index (κ2) is 10.7. The highest BCUT2D eigenvalue weighted by molar-refractivity contribution is 7.16. The molecule has 3 N–H and O–H groups in total. The van der Waals surface area contributed by atoms with Crippen molar-refractivity contribution in [1.82, 2.24) is 10.3 Å². The number of benzene rings is 2. The minimum Gasteiger partial charge on any atom is -0.445 e. The van der Waals surface area contributed by atoms with Crippen LogP contribution >= 0.6 is 11.3 Å². The van der Waals surface area contributed by atoms with Gasteiger partial charge in [0.25, 0.3) is 0 Å². The van der Waals surface area contributed by atoms with Crippen LogP contribution in [0.1, 0.15) is 40.0 Å². The van der Waals surface area contributed by atoms with Crippen LogP contribution < -0.4 is 10.6 Å². The minimum atomic E-state index is -0.891. The quantitative estimate of drug-likeness (QED) is 0.315. The maximum absolute atomic E-state index is 13.5. The number of aromatic amines is 1. The van der Waals surface area contributed by atoms with Gasteiger partial charge in [-0.15, -0.1) is 11.3 Å². The zero-order valence-electron chi connectivity index (χ0n) is 19.7. The van der Waals surface area contributed by atoms with Gasteiger partial charge in [0.05, 0.1) is 5.56 Å². The third-order valence-electron chi connectivity index (χ3n) is 6.44. The number of alkyl carbamates (subject to hydrolysis) is 1. The largest absolute Gasteiger partial charge is 0.445 e. The molecule has 1 aliphatic carbocycles. The number of thiophene rings is 1. The van der Waals surface area contributed by atoms with Gasteiger partial charge in [-0.05, 0) is 48.4 Å². The molecule has 8 heteroatoms. The van der Waals surface area contributed by atoms with Gasteiger partial charge in [0, 0.05) is 28.4 Å². The second-order valence-electron chi connectivity index (χ2n) is 8.84. The smallest absolute Gasteiger partial charge is 0.408 e. The molecule has 0 bridgehead atoms. The molecule has 0 spiro atoms. The summed E-state index contributed by atoms with van der Waals surface area (Å²) in [5.74, 6) is -0.382. The van der Waals surface area contributed by atoms with Gasteiger partial charge in [-0.25, -0.2) is 4.79 Å². The fraction of sp³-hybridized carbons (Fsp3) is 0.250. The van der Waals surface area contributed by atoms with Crippen LogP contribution in [0.2, 0.25) is 0 Å². The lowest BCUT2D eigenvalue weighted by Gasteiger charge is -2.18. The molecule has 2 aromatic carbocycles. The molecule has 182 valence electrons. The summed E-state index contributed by atoms with van der Waals surface area (Å²) in [6.45, 7) is 0.102. The van der Waals surface area contributed by atoms with E-state index in [-0.39, 0.29) is 18.9 Å². The molecule has 0 radical (unpaired) electrons. The number of rotatable bonds is 7. The fourth-order valence-corrected chi connectivity index (χ4v) is 5.85. The Morgan fingerprint density at radius 3 is 2.69 bits per heavy atom. The van der Waals surface area contributed by atoms with E-state index in [9.17, 15) is 14.9 Å². The van der Waals surface area contributed by atoms with E-state index in [1.54, 1.807) is 0 Å². The molecule has 36 heavy (non-hydrogen) atoms. The second-order valence-corrected chi connectivity index (χ2v) is 9.94. The summed E-state index contributed by atoms with van der Waals surface area (Å²) in [4.78, 5) is 30.5. The number of amides is 2. The van der Waals surface area contributed by atoms with Crippen molar-refractivity contribution >= 4 is 39.2 Å². The summed E-state index contributed by atoms with van der Waals surface area (Å²) in [6, 6.07) is 18.6. The molecule has 2 heterocycles. The lowest BCUT2D eigenvalue weighted by Crippen LogP contribution is -2.45. The van der Waals surface area contributed by atoms with Crippen molar-refractivity contribution < 1.29 is 14.3 Å². The van der Waals surface area contributed by atoms with Crippen LogP contribution in [-0.4, -0.2) is 23.0 Å². The van der Waals surface area contributed by atoms with Crippen molar-refractivity contribution in [3.8, 4) is 6.07 Å². The Kier molecular flexibility index (Phi) is 7.01. The maximum atomic E-state index is 13.5. The Labute approximate surface area is 213 Å². The number of nitrogens with zero attached hydrogens (tertiary/aromatic N) is 1. The molecule has 0 aliphatic heterocycles. The standard InChI is InChI=1S/C28H26N4O3S/c29-15-22-21-11-5-7-13-25(21)36-27(22)32-26(33)24(14-19-16-30-23-12-6-4-10-20(19)23)31-28(34)35-17-18-8-2-1-3-9-18/h1-4,6,8-10,12,16,24,30H,5,7,11,13-14,17H2,(H,31,34)(H,32,33)/t24-/m0/s1. The van der Waals surface area contributed by atoms with Crippen LogP contribution in [0.25, 0.3) is 10.9 Å². The summed E-state index contributed by atoms with van der Waals surface area (Å²) in [5, 5.41) is 17.0. The van der Waals surface area contributed by atoms with Gasteiger partial charge in [-0.3, -0.25) is 4.79 Å². The predicted octanol–water partition coefficient (Wildman–Crippen LogP) is 5.46. The Hall–Kier alpha value is -4.09. The highest BCUT2D eigenvalue weighted by Crippen LogP contribution is 2.37. The summed E-state index contributed by atoms with van der Waals surface area (Å²) < 4.78 is 5.39. The average molecular weight is 499 g/mol. The van der Waals surface area contributed by atoms with Gasteiger partial charge >= 0.3 is 6.09 Å². The molecule has 1 aliphatic rings. The summed E-state index contributed by atoms with van der Waals surface area (Å²) in [7, 11) is 0. The number of nitriles is 1. The zero-order chi connectivity index (χ0) is 24.9. The summed E-state index contributed by atoms with van der Waals surface area (Å²) in [5.41, 5.74) is 4.30. The van der Waals surface area contributed by atoms with Gasteiger partial charge in [-0.1, -0.05) is 48.5 Å². The van der Waals surface area contributed by atoms with E-state index in [0.29, 0.717) is 10.6 Å². The normalized spacial score (nSPS) is 13.4. The molecular weight excluding hydrogens is 472 g/mol. The van der Waals surface area contributed by atoms with Crippen molar-refractivity contribution in [2.24, 2.45) is 0 Å². The first-order valence-corrected chi connectivity index (χ1v) is 12.8. The van der Waals surface area contributed by atoms with E-state index < -0.39 is 12.1 Å². The molecule has 0 saturated heterocycles. The SMILES string of the molecule is N#Cc1c(NC(=O)[C@H](Cc2c[nH]c3ccccc23)NC(=O)OCc2ccccc2)sc2c1CCCC2. The number of anilines is 1. The van der Waals surface area contributed by atoms with Crippen LogP contribution in [0.5, 0.6) is 0 Å². The van der Waals surface area contributed by atoms with E-state index in [4.69, 9.17) is 4.74 Å². The number of nitrogens with one attached hydrogen (secondary N) is 3. The first-order valence-electron chi connectivity index (χ1n) is 12.0. The number of carbonyl (C=O) groups is 2. The van der Waals surface area contributed by atoms with Gasteiger partial charge in [0.15, 0.2) is 0 Å². The molecular formula is C28H26N4O3S. The molecule has 0 saturated carbocycles. The van der Waals surface area contributed by atoms with E-state index in [2.05, 4.69) is 21.7 Å². The molecule has 2 aromatic heterocycles. The predicted molar refractivity (Wildman–Crippen MR) is 140 cm³/mol. The monoisotopic (exact) mass is 498 g/mol. The number of carbonyl (C=O) groups excluding carboxylic acids is 2. The van der Waals surface area contributed by atoms with Crippen LogP contribution in [0.15, 0.2) is 60.8 Å². The number of aromatic nitrogens is 1. The lowest BCUT2D eigenvalue weighted by molar-refractivity contribution is -0.118. The number of H-pyrrole nitrogens is 1. The molecule has 1 atom stereocenters. The lowest BCUT2D eigenvalue weighted by atomic mass is 9.96. The summed E-state index contributed by atoms with van der Waals surface area (Å²) >= 11 is 1.46. The summed E-state index contributed by atoms with van der Waals surface area (Å²) in [6.07, 6.45) is 5.36. The van der Waals surface area contributed by atoms with Crippen molar-refractivity contribution in [3.63, 3.8) is 0 Å². The Bertz CT molecular complexity index is 1430. The average Bonchev–Trinajstić information content (AvgIpc) is 3.48. The third-order valence-corrected chi connectivity index (χ3v) is 7.65. The van der Waals surface area contributed by atoms with Crippen molar-refractivity contribution in [2.75, 3.05) is 5.32 Å². The number of hydrogen-bond acceptors (Lipinski definition) is 5. The minimum absolute atomic E-state index is 0.102. The Morgan fingerprint density at radius 2 is 1.86 bits per heavy atom.